The van der Waals surface area contributed by atoms with E-state index in [4.69, 9.17) is 14.7 Å². The highest BCUT2D eigenvalue weighted by molar-refractivity contribution is 6.03. The van der Waals surface area contributed by atoms with Gasteiger partial charge < -0.3 is 25.1 Å². The van der Waals surface area contributed by atoms with Gasteiger partial charge in [-0.05, 0) is 18.2 Å². The highest BCUT2D eigenvalue weighted by atomic mass is 16.7. The van der Waals surface area contributed by atoms with Gasteiger partial charge in [-0.2, -0.15) is 0 Å². The van der Waals surface area contributed by atoms with Crippen molar-refractivity contribution < 1.29 is 29.4 Å². The monoisotopic (exact) mass is 348 g/mol. The Kier molecular flexibility index (Phi) is 5.28. The summed E-state index contributed by atoms with van der Waals surface area (Å²) in [5.74, 6) is -2.54. The number of hydrogen-bond acceptors (Lipinski definition) is 6. The average Bonchev–Trinajstić information content (AvgIpc) is 2.59. The van der Waals surface area contributed by atoms with Crippen molar-refractivity contribution in [2.45, 2.75) is 0 Å². The van der Waals surface area contributed by atoms with Crippen molar-refractivity contribution in [1.29, 1.82) is 0 Å². The highest BCUT2D eigenvalue weighted by Gasteiger charge is 2.23. The van der Waals surface area contributed by atoms with E-state index in [0.717, 1.165) is 4.73 Å². The smallest absolute Gasteiger partial charge is 0.322 e. The topological polar surface area (TPSA) is 127 Å². The van der Waals surface area contributed by atoms with Gasteiger partial charge in [-0.3, -0.25) is 14.4 Å². The number of aliphatic carboxylic acids is 1. The van der Waals surface area contributed by atoms with E-state index in [-0.39, 0.29) is 17.5 Å². The number of methoxy groups -OCH3 is 1. The second-order valence-electron chi connectivity index (χ2n) is 4.87. The zero-order valence-corrected chi connectivity index (χ0v) is 13.3. The molecule has 0 aliphatic carbocycles. The molecule has 0 saturated heterocycles. The van der Waals surface area contributed by atoms with E-state index in [1.165, 1.54) is 25.3 Å². The molecule has 1 aromatic carbocycles. The normalized spacial score (nSPS) is 10.3. The number of benzene rings is 1. The molecule has 0 fully saturated rings. The van der Waals surface area contributed by atoms with Crippen molar-refractivity contribution in [3.05, 3.63) is 46.8 Å². The minimum Gasteiger partial charge on any atom is -0.506 e. The molecule has 0 radical (unpaired) electrons. The SMILES string of the molecule is C=CCOn1c(=O)c(C(=O)NCC(=O)O)c(O)c2cc(OC)ccc21. The molecule has 132 valence electrons. The first-order valence-electron chi connectivity index (χ1n) is 7.10. The molecule has 9 heteroatoms. The van der Waals surface area contributed by atoms with Gasteiger partial charge in [0, 0.05) is 5.39 Å². The van der Waals surface area contributed by atoms with Crippen LogP contribution in [-0.2, 0) is 4.79 Å². The number of pyridine rings is 1. The van der Waals surface area contributed by atoms with Crippen molar-refractivity contribution in [3.8, 4) is 11.5 Å². The molecule has 1 aromatic heterocycles. The number of nitrogens with zero attached hydrogens (tertiary/aromatic N) is 1. The Labute approximate surface area is 141 Å². The average molecular weight is 348 g/mol. The summed E-state index contributed by atoms with van der Waals surface area (Å²) in [5.41, 5.74) is -1.36. The van der Waals surface area contributed by atoms with Gasteiger partial charge in [0.05, 0.1) is 12.6 Å². The van der Waals surface area contributed by atoms with Gasteiger partial charge in [0.25, 0.3) is 11.5 Å². The Morgan fingerprint density at radius 2 is 2.12 bits per heavy atom. The van der Waals surface area contributed by atoms with Crippen molar-refractivity contribution in [2.24, 2.45) is 0 Å². The fraction of sp³-hybridized carbons (Fsp3) is 0.188. The van der Waals surface area contributed by atoms with E-state index in [0.29, 0.717) is 5.75 Å². The summed E-state index contributed by atoms with van der Waals surface area (Å²) in [6.45, 7) is 2.75. The standard InChI is InChI=1S/C16H16N2O7/c1-3-6-25-18-11-5-4-9(24-2)7-10(11)14(21)13(16(18)23)15(22)17-8-12(19)20/h3-5,7,21H,1,6,8H2,2H3,(H,17,22)(H,19,20). The molecule has 0 bridgehead atoms. The van der Waals surface area contributed by atoms with Crippen LogP contribution in [0.3, 0.4) is 0 Å². The van der Waals surface area contributed by atoms with Crippen LogP contribution in [0.25, 0.3) is 10.9 Å². The number of hydrogen-bond donors (Lipinski definition) is 3. The van der Waals surface area contributed by atoms with Gasteiger partial charge in [0.2, 0.25) is 0 Å². The second kappa shape index (κ2) is 7.39. The number of aromatic nitrogens is 1. The lowest BCUT2D eigenvalue weighted by atomic mass is 10.1. The molecule has 0 aliphatic heterocycles. The molecule has 2 aromatic rings. The van der Waals surface area contributed by atoms with Crippen molar-refractivity contribution in [1.82, 2.24) is 10.0 Å². The van der Waals surface area contributed by atoms with Gasteiger partial charge in [-0.1, -0.05) is 12.7 Å². The number of ether oxygens (including phenoxy) is 1. The van der Waals surface area contributed by atoms with E-state index in [2.05, 4.69) is 6.58 Å². The molecule has 0 saturated carbocycles. The molecule has 2 rings (SSSR count). The summed E-state index contributed by atoms with van der Waals surface area (Å²) in [7, 11) is 1.42. The first kappa shape index (κ1) is 17.9. The van der Waals surface area contributed by atoms with Gasteiger partial charge in [0.15, 0.2) is 5.56 Å². The number of carboxylic acids is 1. The fourth-order valence-electron chi connectivity index (χ4n) is 2.16. The van der Waals surface area contributed by atoms with Crippen LogP contribution in [0.4, 0.5) is 0 Å². The first-order valence-corrected chi connectivity index (χ1v) is 7.10. The quantitative estimate of drug-likeness (QED) is 0.608. The number of aromatic hydroxyl groups is 1. The highest BCUT2D eigenvalue weighted by Crippen LogP contribution is 2.29. The number of amides is 1. The van der Waals surface area contributed by atoms with Crippen LogP contribution in [0, 0.1) is 0 Å². The zero-order valence-electron chi connectivity index (χ0n) is 13.3. The molecule has 9 nitrogen and oxygen atoms in total. The Morgan fingerprint density at radius 3 is 2.72 bits per heavy atom. The second-order valence-corrected chi connectivity index (χ2v) is 4.87. The molecule has 0 unspecified atom stereocenters. The number of carbonyl (C=O) groups is 2. The minimum absolute atomic E-state index is 0.0258. The van der Waals surface area contributed by atoms with Gasteiger partial charge >= 0.3 is 5.97 Å². The molecular formula is C16H16N2O7. The minimum atomic E-state index is -1.29. The van der Waals surface area contributed by atoms with Crippen LogP contribution >= 0.6 is 0 Å². The van der Waals surface area contributed by atoms with E-state index in [9.17, 15) is 19.5 Å². The molecule has 0 atom stereocenters. The van der Waals surface area contributed by atoms with E-state index in [1.807, 2.05) is 5.32 Å². The number of fused-ring (bicyclic) bond motifs is 1. The van der Waals surface area contributed by atoms with E-state index >= 15 is 0 Å². The lowest BCUT2D eigenvalue weighted by Gasteiger charge is -2.15. The largest absolute Gasteiger partial charge is 0.506 e. The summed E-state index contributed by atoms with van der Waals surface area (Å²) in [5, 5.41) is 21.2. The Balaban J connectivity index is 2.71. The van der Waals surface area contributed by atoms with Crippen LogP contribution in [0.2, 0.25) is 0 Å². The summed E-state index contributed by atoms with van der Waals surface area (Å²) < 4.78 is 5.91. The molecule has 0 aliphatic rings. The molecule has 0 spiro atoms. The molecule has 1 amide bonds. The molecule has 1 heterocycles. The third-order valence-corrected chi connectivity index (χ3v) is 3.26. The Morgan fingerprint density at radius 1 is 1.40 bits per heavy atom. The number of rotatable bonds is 7. The van der Waals surface area contributed by atoms with Gasteiger partial charge in [0.1, 0.15) is 24.7 Å². The lowest BCUT2D eigenvalue weighted by Crippen LogP contribution is -2.37. The third kappa shape index (κ3) is 3.55. The van der Waals surface area contributed by atoms with Crippen molar-refractivity contribution in [3.63, 3.8) is 0 Å². The maximum Gasteiger partial charge on any atom is 0.322 e. The summed E-state index contributed by atoms with van der Waals surface area (Å²) in [4.78, 5) is 40.6. The van der Waals surface area contributed by atoms with Gasteiger partial charge in [-0.25, -0.2) is 0 Å². The van der Waals surface area contributed by atoms with E-state index in [1.54, 1.807) is 6.07 Å². The predicted octanol–water partition coefficient (Wildman–Crippen LogP) is 0.145. The number of carboxylic acid groups (broad SMARTS) is 1. The van der Waals surface area contributed by atoms with Crippen LogP contribution in [0.5, 0.6) is 11.5 Å². The summed E-state index contributed by atoms with van der Waals surface area (Å²) >= 11 is 0. The molecular weight excluding hydrogens is 332 g/mol. The first-order chi connectivity index (χ1) is 11.9. The maximum absolute atomic E-state index is 12.6. The van der Waals surface area contributed by atoms with E-state index < -0.39 is 35.3 Å². The number of nitrogens with one attached hydrogen (secondary N) is 1. The molecule has 25 heavy (non-hydrogen) atoms. The molecule has 3 N–H and O–H groups in total. The Hall–Kier alpha value is -3.49. The lowest BCUT2D eigenvalue weighted by molar-refractivity contribution is -0.135. The Bertz CT molecular complexity index is 901. The third-order valence-electron chi connectivity index (χ3n) is 3.26. The predicted molar refractivity (Wildman–Crippen MR) is 88.0 cm³/mol. The zero-order chi connectivity index (χ0) is 18.6. The summed E-state index contributed by atoms with van der Waals surface area (Å²) in [6.07, 6.45) is 1.40. The van der Waals surface area contributed by atoms with Crippen molar-refractivity contribution in [2.75, 3.05) is 20.3 Å². The number of carbonyl (C=O) groups excluding carboxylic acids is 1. The maximum atomic E-state index is 12.6. The van der Waals surface area contributed by atoms with Crippen LogP contribution in [-0.4, -0.2) is 47.1 Å². The van der Waals surface area contributed by atoms with Gasteiger partial charge in [-0.15, -0.1) is 4.73 Å². The fourth-order valence-corrected chi connectivity index (χ4v) is 2.16. The van der Waals surface area contributed by atoms with Crippen LogP contribution < -0.4 is 20.5 Å². The van der Waals surface area contributed by atoms with Crippen LogP contribution in [0.1, 0.15) is 10.4 Å². The van der Waals surface area contributed by atoms with Crippen LogP contribution in [0.15, 0.2) is 35.6 Å². The summed E-state index contributed by atoms with van der Waals surface area (Å²) in [6, 6.07) is 4.46. The van der Waals surface area contributed by atoms with Crippen molar-refractivity contribution >= 4 is 22.8 Å².